The van der Waals surface area contributed by atoms with Crippen LogP contribution in [-0.2, 0) is 0 Å². The molecular formula is C19H18ClN5O2. The van der Waals surface area contributed by atoms with Gasteiger partial charge in [-0.05, 0) is 49.9 Å². The number of pyridine rings is 1. The van der Waals surface area contributed by atoms with Crippen molar-refractivity contribution < 1.29 is 9.32 Å². The summed E-state index contributed by atoms with van der Waals surface area (Å²) in [7, 11) is 1.98. The highest BCUT2D eigenvalue weighted by Crippen LogP contribution is 2.31. The van der Waals surface area contributed by atoms with Crippen LogP contribution in [0.4, 0.5) is 0 Å². The summed E-state index contributed by atoms with van der Waals surface area (Å²) in [6.45, 7) is 0.704. The summed E-state index contributed by atoms with van der Waals surface area (Å²) in [5.74, 6) is 0.938. The number of aromatic nitrogens is 3. The van der Waals surface area contributed by atoms with Crippen LogP contribution in [0.25, 0.3) is 11.4 Å². The zero-order chi connectivity index (χ0) is 18.8. The second-order valence-corrected chi connectivity index (χ2v) is 7.00. The number of likely N-dealkylation sites (N-methyl/N-ethyl adjacent to an activating group) is 1. The Morgan fingerprint density at radius 1 is 1.30 bits per heavy atom. The van der Waals surface area contributed by atoms with E-state index in [9.17, 15) is 4.79 Å². The first-order chi connectivity index (χ1) is 13.1. The maximum absolute atomic E-state index is 12.3. The Morgan fingerprint density at radius 2 is 2.11 bits per heavy atom. The van der Waals surface area contributed by atoms with Gasteiger partial charge in [-0.1, -0.05) is 16.8 Å². The molecule has 1 amide bonds. The fourth-order valence-electron chi connectivity index (χ4n) is 3.25. The Kier molecular flexibility index (Phi) is 4.87. The molecule has 0 aliphatic carbocycles. The molecule has 1 aliphatic heterocycles. The Hall–Kier alpha value is -2.77. The predicted molar refractivity (Wildman–Crippen MR) is 100 cm³/mol. The zero-order valence-electron chi connectivity index (χ0n) is 14.7. The van der Waals surface area contributed by atoms with Gasteiger partial charge in [0.1, 0.15) is 0 Å². The third-order valence-electron chi connectivity index (χ3n) is 4.64. The van der Waals surface area contributed by atoms with E-state index >= 15 is 0 Å². The molecule has 3 heterocycles. The maximum atomic E-state index is 12.3. The highest BCUT2D eigenvalue weighted by Gasteiger charge is 2.35. The van der Waals surface area contributed by atoms with Gasteiger partial charge in [-0.3, -0.25) is 14.7 Å². The highest BCUT2D eigenvalue weighted by atomic mass is 35.5. The van der Waals surface area contributed by atoms with Crippen LogP contribution in [0.3, 0.4) is 0 Å². The lowest BCUT2D eigenvalue weighted by atomic mass is 10.1. The van der Waals surface area contributed by atoms with Crippen molar-refractivity contribution in [3.8, 4) is 11.4 Å². The maximum Gasteiger partial charge on any atom is 0.253 e. The van der Waals surface area contributed by atoms with Crippen molar-refractivity contribution in [2.45, 2.75) is 18.5 Å². The van der Waals surface area contributed by atoms with Crippen molar-refractivity contribution in [1.82, 2.24) is 25.3 Å². The van der Waals surface area contributed by atoms with Gasteiger partial charge in [0, 0.05) is 35.6 Å². The van der Waals surface area contributed by atoms with E-state index in [4.69, 9.17) is 16.1 Å². The molecule has 1 aromatic carbocycles. The number of nitrogens with one attached hydrogen (secondary N) is 1. The molecule has 2 aromatic heterocycles. The molecule has 0 spiro atoms. The molecule has 3 aromatic rings. The van der Waals surface area contributed by atoms with Crippen molar-refractivity contribution in [2.24, 2.45) is 0 Å². The number of hydrogen-bond donors (Lipinski definition) is 1. The molecule has 1 fully saturated rings. The minimum Gasteiger partial charge on any atom is -0.348 e. The topological polar surface area (TPSA) is 84.2 Å². The van der Waals surface area contributed by atoms with E-state index in [1.807, 2.05) is 19.2 Å². The molecule has 0 bridgehead atoms. The summed E-state index contributed by atoms with van der Waals surface area (Å²) < 4.78 is 5.48. The van der Waals surface area contributed by atoms with Crippen molar-refractivity contribution in [1.29, 1.82) is 0 Å². The lowest BCUT2D eigenvalue weighted by Gasteiger charge is -2.14. The van der Waals surface area contributed by atoms with Crippen LogP contribution < -0.4 is 5.32 Å². The third-order valence-corrected chi connectivity index (χ3v) is 4.89. The van der Waals surface area contributed by atoms with Crippen molar-refractivity contribution >= 4 is 17.5 Å². The van der Waals surface area contributed by atoms with Crippen molar-refractivity contribution in [3.05, 3.63) is 65.3 Å². The van der Waals surface area contributed by atoms with Gasteiger partial charge in [-0.15, -0.1) is 0 Å². The molecule has 1 aliphatic rings. The number of hydrogen-bond acceptors (Lipinski definition) is 6. The summed E-state index contributed by atoms with van der Waals surface area (Å²) in [4.78, 5) is 23.0. The molecule has 7 nitrogen and oxygen atoms in total. The quantitative estimate of drug-likeness (QED) is 0.745. The van der Waals surface area contributed by atoms with Crippen LogP contribution in [0.1, 0.15) is 28.7 Å². The second kappa shape index (κ2) is 7.46. The first-order valence-electron chi connectivity index (χ1n) is 8.61. The van der Waals surface area contributed by atoms with Crippen molar-refractivity contribution in [3.63, 3.8) is 0 Å². The van der Waals surface area contributed by atoms with Gasteiger partial charge < -0.3 is 9.84 Å². The molecular weight excluding hydrogens is 366 g/mol. The monoisotopic (exact) mass is 383 g/mol. The van der Waals surface area contributed by atoms with E-state index in [2.05, 4.69) is 25.3 Å². The number of carbonyl (C=O) groups is 1. The number of likely N-dealkylation sites (tertiary alicyclic amines) is 1. The summed E-state index contributed by atoms with van der Waals surface area (Å²) in [6, 6.07) is 10.7. The Balaban J connectivity index is 1.44. The van der Waals surface area contributed by atoms with Crippen LogP contribution in [-0.4, -0.2) is 45.6 Å². The summed E-state index contributed by atoms with van der Waals surface area (Å²) in [5, 5.41) is 7.78. The van der Waals surface area contributed by atoms with E-state index in [0.29, 0.717) is 35.3 Å². The predicted octanol–water partition coefficient (Wildman–Crippen LogP) is 2.96. The molecule has 1 N–H and O–H groups in total. The van der Waals surface area contributed by atoms with Gasteiger partial charge in [-0.2, -0.15) is 4.98 Å². The van der Waals surface area contributed by atoms with Crippen LogP contribution >= 0.6 is 11.6 Å². The smallest absolute Gasteiger partial charge is 0.253 e. The van der Waals surface area contributed by atoms with E-state index in [1.54, 1.807) is 36.7 Å². The van der Waals surface area contributed by atoms with Gasteiger partial charge in [0.2, 0.25) is 11.7 Å². The summed E-state index contributed by atoms with van der Waals surface area (Å²) in [6.07, 6.45) is 3.90. The highest BCUT2D eigenvalue weighted by molar-refractivity contribution is 6.30. The minimum absolute atomic E-state index is 0.00131. The third kappa shape index (κ3) is 3.84. The number of amides is 1. The van der Waals surface area contributed by atoms with Gasteiger partial charge in [0.05, 0.1) is 11.6 Å². The van der Waals surface area contributed by atoms with Crippen LogP contribution in [0, 0.1) is 0 Å². The number of rotatable bonds is 4. The van der Waals surface area contributed by atoms with Gasteiger partial charge in [0.25, 0.3) is 5.91 Å². The summed E-state index contributed by atoms with van der Waals surface area (Å²) >= 11 is 5.92. The number of benzene rings is 1. The largest absolute Gasteiger partial charge is 0.348 e. The van der Waals surface area contributed by atoms with Crippen LogP contribution in [0.15, 0.2) is 53.3 Å². The van der Waals surface area contributed by atoms with Gasteiger partial charge >= 0.3 is 0 Å². The van der Waals surface area contributed by atoms with E-state index in [1.165, 1.54) is 0 Å². The van der Waals surface area contributed by atoms with Gasteiger partial charge in [-0.25, -0.2) is 0 Å². The van der Waals surface area contributed by atoms with Crippen molar-refractivity contribution in [2.75, 3.05) is 13.6 Å². The second-order valence-electron chi connectivity index (χ2n) is 6.57. The molecule has 27 heavy (non-hydrogen) atoms. The fourth-order valence-corrected chi connectivity index (χ4v) is 3.37. The number of carbonyl (C=O) groups excluding carboxylic acids is 1. The Labute approximate surface area is 161 Å². The molecule has 4 rings (SSSR count). The number of nitrogens with zero attached hydrogens (tertiary/aromatic N) is 4. The molecule has 138 valence electrons. The van der Waals surface area contributed by atoms with E-state index in [0.717, 1.165) is 5.56 Å². The Morgan fingerprint density at radius 3 is 2.85 bits per heavy atom. The first-order valence-corrected chi connectivity index (χ1v) is 8.98. The molecule has 0 unspecified atom stereocenters. The lowest BCUT2D eigenvalue weighted by molar-refractivity contribution is 0.0938. The molecule has 1 saturated heterocycles. The standard InChI is InChI=1S/C19H18ClN5O2/c1-25-11-15(22-18(26)13-3-2-8-21-10-13)9-16(25)19-23-17(24-27-19)12-4-6-14(20)7-5-12/h2-8,10,15-16H,9,11H2,1H3,(H,22,26)/t15-,16-/m0/s1. The normalized spacial score (nSPS) is 19.9. The van der Waals surface area contributed by atoms with E-state index in [-0.39, 0.29) is 18.0 Å². The SMILES string of the molecule is CN1C[C@@H](NC(=O)c2cccnc2)C[C@H]1c1nc(-c2ccc(Cl)cc2)no1. The molecule has 0 radical (unpaired) electrons. The number of halogens is 1. The molecule has 2 atom stereocenters. The fraction of sp³-hybridized carbons (Fsp3) is 0.263. The Bertz CT molecular complexity index is 929. The minimum atomic E-state index is -0.130. The first kappa shape index (κ1) is 17.6. The average Bonchev–Trinajstić information content (AvgIpc) is 3.30. The molecule has 0 saturated carbocycles. The van der Waals surface area contributed by atoms with Crippen LogP contribution in [0.2, 0.25) is 5.02 Å². The van der Waals surface area contributed by atoms with E-state index < -0.39 is 0 Å². The zero-order valence-corrected chi connectivity index (χ0v) is 15.4. The van der Waals surface area contributed by atoms with Gasteiger partial charge in [0.15, 0.2) is 0 Å². The summed E-state index contributed by atoms with van der Waals surface area (Å²) in [5.41, 5.74) is 1.39. The average molecular weight is 384 g/mol. The lowest BCUT2D eigenvalue weighted by Crippen LogP contribution is -2.36. The molecule has 8 heteroatoms. The van der Waals surface area contributed by atoms with Crippen LogP contribution in [0.5, 0.6) is 0 Å².